The van der Waals surface area contributed by atoms with Crippen LogP contribution in [0.1, 0.15) is 18.4 Å². The van der Waals surface area contributed by atoms with Crippen LogP contribution in [0.4, 0.5) is 5.69 Å². The quantitative estimate of drug-likeness (QED) is 0.850. The van der Waals surface area contributed by atoms with Crippen LogP contribution in [-0.4, -0.2) is 19.0 Å². The lowest BCUT2D eigenvalue weighted by Crippen LogP contribution is -2.37. The Bertz CT molecular complexity index is 414. The molecule has 17 heavy (non-hydrogen) atoms. The van der Waals surface area contributed by atoms with E-state index in [-0.39, 0.29) is 11.8 Å². The van der Waals surface area contributed by atoms with E-state index in [4.69, 9.17) is 11.6 Å². The van der Waals surface area contributed by atoms with Gasteiger partial charge in [0.1, 0.15) is 0 Å². The highest BCUT2D eigenvalue weighted by atomic mass is 35.5. The number of hydrogen-bond acceptors (Lipinski definition) is 2. The molecule has 3 nitrogen and oxygen atoms in total. The van der Waals surface area contributed by atoms with Crippen LogP contribution in [0.15, 0.2) is 18.2 Å². The Kier molecular flexibility index (Phi) is 4.02. The lowest BCUT2D eigenvalue weighted by molar-refractivity contribution is -0.120. The highest BCUT2D eigenvalue weighted by molar-refractivity contribution is 6.30. The molecule has 2 rings (SSSR count). The van der Waals surface area contributed by atoms with Crippen LogP contribution in [0.3, 0.4) is 0 Å². The fraction of sp³-hybridized carbons (Fsp3) is 0.462. The normalized spacial score (nSPS) is 20.0. The molecule has 0 unspecified atom stereocenters. The summed E-state index contributed by atoms with van der Waals surface area (Å²) in [6, 6.07) is 5.51. The van der Waals surface area contributed by atoms with Crippen LogP contribution in [0.25, 0.3) is 0 Å². The molecule has 1 heterocycles. The fourth-order valence-corrected chi connectivity index (χ4v) is 2.30. The SMILES string of the molecule is Cc1cc(Cl)ccc1NC(=O)[C@@H]1CCCNC1. The summed E-state index contributed by atoms with van der Waals surface area (Å²) >= 11 is 5.88. The molecule has 1 atom stereocenters. The van der Waals surface area contributed by atoms with Gasteiger partial charge >= 0.3 is 0 Å². The molecule has 1 fully saturated rings. The first-order valence-electron chi connectivity index (χ1n) is 5.94. The molecule has 0 radical (unpaired) electrons. The van der Waals surface area contributed by atoms with Crippen molar-refractivity contribution in [3.05, 3.63) is 28.8 Å². The van der Waals surface area contributed by atoms with Crippen LogP contribution in [-0.2, 0) is 4.79 Å². The Hall–Kier alpha value is -1.06. The predicted molar refractivity (Wildman–Crippen MR) is 70.4 cm³/mol. The number of benzene rings is 1. The number of carbonyl (C=O) groups is 1. The first kappa shape index (κ1) is 12.4. The molecule has 1 aromatic carbocycles. The lowest BCUT2D eigenvalue weighted by Gasteiger charge is -2.22. The van der Waals surface area contributed by atoms with E-state index in [2.05, 4.69) is 10.6 Å². The molecule has 0 saturated carbocycles. The van der Waals surface area contributed by atoms with Gasteiger partial charge in [0, 0.05) is 17.3 Å². The fourth-order valence-electron chi connectivity index (χ4n) is 2.08. The van der Waals surface area contributed by atoms with Gasteiger partial charge in [-0.15, -0.1) is 0 Å². The molecule has 1 aliphatic heterocycles. The summed E-state index contributed by atoms with van der Waals surface area (Å²) in [7, 11) is 0. The first-order chi connectivity index (χ1) is 8.16. The van der Waals surface area contributed by atoms with Gasteiger partial charge in [0.25, 0.3) is 0 Å². The average molecular weight is 253 g/mol. The standard InChI is InChI=1S/C13H17ClN2O/c1-9-7-11(14)4-5-12(9)16-13(17)10-3-2-6-15-8-10/h4-5,7,10,15H,2-3,6,8H2,1H3,(H,16,17)/t10-/m1/s1. The molecule has 1 saturated heterocycles. The molecular weight excluding hydrogens is 236 g/mol. The highest BCUT2D eigenvalue weighted by Gasteiger charge is 2.21. The summed E-state index contributed by atoms with van der Waals surface area (Å²) < 4.78 is 0. The molecule has 1 amide bonds. The summed E-state index contributed by atoms with van der Waals surface area (Å²) in [4.78, 5) is 12.0. The molecule has 0 aliphatic carbocycles. The van der Waals surface area contributed by atoms with Gasteiger partial charge in [0.05, 0.1) is 5.92 Å². The van der Waals surface area contributed by atoms with Crippen molar-refractivity contribution < 1.29 is 4.79 Å². The highest BCUT2D eigenvalue weighted by Crippen LogP contribution is 2.21. The molecule has 2 N–H and O–H groups in total. The first-order valence-corrected chi connectivity index (χ1v) is 6.32. The number of halogens is 1. The number of carbonyl (C=O) groups excluding carboxylic acids is 1. The van der Waals surface area contributed by atoms with Crippen molar-refractivity contribution >= 4 is 23.2 Å². The largest absolute Gasteiger partial charge is 0.326 e. The van der Waals surface area contributed by atoms with Gasteiger partial charge in [-0.3, -0.25) is 4.79 Å². The minimum atomic E-state index is 0.0822. The summed E-state index contributed by atoms with van der Waals surface area (Å²) in [6.07, 6.45) is 2.03. The Labute approximate surface area is 107 Å². The second-order valence-corrected chi connectivity index (χ2v) is 4.93. The molecule has 1 aliphatic rings. The zero-order valence-corrected chi connectivity index (χ0v) is 10.7. The third kappa shape index (κ3) is 3.20. The summed E-state index contributed by atoms with van der Waals surface area (Å²) in [5.74, 6) is 0.182. The van der Waals surface area contributed by atoms with Gasteiger partial charge in [-0.2, -0.15) is 0 Å². The van der Waals surface area contributed by atoms with Crippen molar-refractivity contribution in [3.8, 4) is 0 Å². The zero-order chi connectivity index (χ0) is 12.3. The second kappa shape index (κ2) is 5.52. The maximum atomic E-state index is 12.0. The van der Waals surface area contributed by atoms with E-state index in [1.54, 1.807) is 6.07 Å². The van der Waals surface area contributed by atoms with E-state index in [0.717, 1.165) is 37.2 Å². The van der Waals surface area contributed by atoms with Gasteiger partial charge in [-0.1, -0.05) is 11.6 Å². The van der Waals surface area contributed by atoms with Gasteiger partial charge in [0.15, 0.2) is 0 Å². The van der Waals surface area contributed by atoms with Gasteiger partial charge in [0.2, 0.25) is 5.91 Å². The molecule has 1 aromatic rings. The molecule has 92 valence electrons. The van der Waals surface area contributed by atoms with Crippen molar-refractivity contribution in [1.82, 2.24) is 5.32 Å². The predicted octanol–water partition coefficient (Wildman–Crippen LogP) is 2.59. The number of aryl methyl sites for hydroxylation is 1. The van der Waals surface area contributed by atoms with E-state index in [1.807, 2.05) is 19.1 Å². The summed E-state index contributed by atoms with van der Waals surface area (Å²) in [5, 5.41) is 6.91. The summed E-state index contributed by atoms with van der Waals surface area (Å²) in [6.45, 7) is 3.74. The van der Waals surface area contributed by atoms with E-state index in [9.17, 15) is 4.79 Å². The number of hydrogen-bond donors (Lipinski definition) is 2. The van der Waals surface area contributed by atoms with Crippen molar-refractivity contribution in [1.29, 1.82) is 0 Å². The maximum Gasteiger partial charge on any atom is 0.228 e. The second-order valence-electron chi connectivity index (χ2n) is 4.49. The zero-order valence-electron chi connectivity index (χ0n) is 9.92. The molecule has 0 aromatic heterocycles. The van der Waals surface area contributed by atoms with Gasteiger partial charge < -0.3 is 10.6 Å². The van der Waals surface area contributed by atoms with E-state index >= 15 is 0 Å². The van der Waals surface area contributed by atoms with E-state index in [1.165, 1.54) is 0 Å². The summed E-state index contributed by atoms with van der Waals surface area (Å²) in [5.41, 5.74) is 1.85. The number of amides is 1. The number of piperidine rings is 1. The maximum absolute atomic E-state index is 12.0. The van der Waals surface area contributed by atoms with Crippen LogP contribution < -0.4 is 10.6 Å². The molecule has 0 spiro atoms. The van der Waals surface area contributed by atoms with Gasteiger partial charge in [-0.25, -0.2) is 0 Å². The number of nitrogens with one attached hydrogen (secondary N) is 2. The molecular formula is C13H17ClN2O. The van der Waals surface area contributed by atoms with Crippen LogP contribution in [0, 0.1) is 12.8 Å². The van der Waals surface area contributed by atoms with Gasteiger partial charge in [-0.05, 0) is 50.1 Å². The Morgan fingerprint density at radius 2 is 2.35 bits per heavy atom. The minimum absolute atomic E-state index is 0.0822. The Morgan fingerprint density at radius 3 is 3.00 bits per heavy atom. The van der Waals surface area contributed by atoms with Crippen molar-refractivity contribution in [2.75, 3.05) is 18.4 Å². The Morgan fingerprint density at radius 1 is 1.53 bits per heavy atom. The average Bonchev–Trinajstić information content (AvgIpc) is 2.34. The van der Waals surface area contributed by atoms with Crippen LogP contribution in [0.2, 0.25) is 5.02 Å². The molecule has 4 heteroatoms. The van der Waals surface area contributed by atoms with E-state index < -0.39 is 0 Å². The van der Waals surface area contributed by atoms with Crippen molar-refractivity contribution in [2.45, 2.75) is 19.8 Å². The Balaban J connectivity index is 2.02. The third-order valence-electron chi connectivity index (χ3n) is 3.11. The number of anilines is 1. The van der Waals surface area contributed by atoms with E-state index in [0.29, 0.717) is 5.02 Å². The van der Waals surface area contributed by atoms with Crippen molar-refractivity contribution in [2.24, 2.45) is 5.92 Å². The van der Waals surface area contributed by atoms with Crippen LogP contribution >= 0.6 is 11.6 Å². The minimum Gasteiger partial charge on any atom is -0.326 e. The molecule has 0 bridgehead atoms. The lowest BCUT2D eigenvalue weighted by atomic mass is 9.98. The monoisotopic (exact) mass is 252 g/mol. The number of rotatable bonds is 2. The van der Waals surface area contributed by atoms with Crippen molar-refractivity contribution in [3.63, 3.8) is 0 Å². The van der Waals surface area contributed by atoms with Crippen LogP contribution in [0.5, 0.6) is 0 Å². The smallest absolute Gasteiger partial charge is 0.228 e. The third-order valence-corrected chi connectivity index (χ3v) is 3.35. The topological polar surface area (TPSA) is 41.1 Å².